The van der Waals surface area contributed by atoms with Crippen LogP contribution in [0.3, 0.4) is 0 Å². The molecule has 0 atom stereocenters. The van der Waals surface area contributed by atoms with Crippen LogP contribution < -0.4 is 11.5 Å². The maximum Gasteiger partial charge on any atom is 0.0447 e. The van der Waals surface area contributed by atoms with Crippen LogP contribution in [0.25, 0.3) is 11.1 Å². The lowest BCUT2D eigenvalue weighted by Crippen LogP contribution is -2.05. The Balaban J connectivity index is 0.000000194. The molecule has 4 rings (SSSR count). The average molecular weight is 397 g/mol. The van der Waals surface area contributed by atoms with Crippen molar-refractivity contribution in [3.8, 4) is 0 Å². The highest BCUT2D eigenvalue weighted by Crippen LogP contribution is 2.35. The summed E-state index contributed by atoms with van der Waals surface area (Å²) in [6, 6.07) is 4.47. The van der Waals surface area contributed by atoms with Crippen LogP contribution in [0, 0.1) is 27.7 Å². The minimum Gasteiger partial charge on any atom is -0.326 e. The van der Waals surface area contributed by atoms with E-state index in [2.05, 4.69) is 58.1 Å². The van der Waals surface area contributed by atoms with E-state index in [1.165, 1.54) is 55.6 Å². The summed E-state index contributed by atoms with van der Waals surface area (Å²) in [6.45, 7) is 9.78. The second-order valence-electron chi connectivity index (χ2n) is 7.47. The van der Waals surface area contributed by atoms with Gasteiger partial charge in [0.2, 0.25) is 0 Å². The van der Waals surface area contributed by atoms with Gasteiger partial charge in [0.25, 0.3) is 0 Å². The van der Waals surface area contributed by atoms with Gasteiger partial charge < -0.3 is 11.5 Å². The SMILES string of the molecule is C.Cc1cc2c(c(C)c1CN)C(Cl)=CC2.Cc1cc2c(c(C)c1CN)C=CC2. The van der Waals surface area contributed by atoms with Crippen LogP contribution in [-0.4, -0.2) is 0 Å². The van der Waals surface area contributed by atoms with Crippen LogP contribution >= 0.6 is 11.6 Å². The smallest absolute Gasteiger partial charge is 0.0447 e. The maximum atomic E-state index is 6.15. The van der Waals surface area contributed by atoms with Crippen molar-refractivity contribution in [2.75, 3.05) is 0 Å². The van der Waals surface area contributed by atoms with E-state index in [4.69, 9.17) is 23.1 Å². The highest BCUT2D eigenvalue weighted by Gasteiger charge is 2.18. The standard InChI is InChI=1S/C12H14ClN.C12H15N.CH4/c1-7-5-9-3-4-11(13)12(9)8(2)10(7)6-14;1-8-6-10-4-3-5-11(10)9(2)12(8)7-13;/h4-5H,3,6,14H2,1-2H3;3,5-6H,4,7,13H2,1-2H3;1H4. The minimum absolute atomic E-state index is 0. The molecule has 2 aromatic carbocycles. The lowest BCUT2D eigenvalue weighted by atomic mass is 9.94. The quantitative estimate of drug-likeness (QED) is 0.667. The molecule has 0 radical (unpaired) electrons. The van der Waals surface area contributed by atoms with Crippen LogP contribution in [0.2, 0.25) is 0 Å². The predicted octanol–water partition coefficient (Wildman–Crippen LogP) is 5.87. The van der Waals surface area contributed by atoms with Crippen LogP contribution in [0.5, 0.6) is 0 Å². The molecule has 0 unspecified atom stereocenters. The molecule has 0 saturated carbocycles. The maximum absolute atomic E-state index is 6.15. The second-order valence-corrected chi connectivity index (χ2v) is 7.88. The van der Waals surface area contributed by atoms with Gasteiger partial charge in [-0.3, -0.25) is 0 Å². The van der Waals surface area contributed by atoms with Gasteiger partial charge in [-0.15, -0.1) is 0 Å². The number of benzene rings is 2. The zero-order valence-electron chi connectivity index (χ0n) is 16.7. The molecule has 2 aromatic rings. The number of aryl methyl sites for hydroxylation is 2. The van der Waals surface area contributed by atoms with Crippen LogP contribution in [-0.2, 0) is 25.9 Å². The first-order chi connectivity index (χ1) is 12.9. The predicted molar refractivity (Wildman–Crippen MR) is 125 cm³/mol. The van der Waals surface area contributed by atoms with E-state index >= 15 is 0 Å². The Labute approximate surface area is 175 Å². The third kappa shape index (κ3) is 3.96. The molecule has 150 valence electrons. The summed E-state index contributed by atoms with van der Waals surface area (Å²) in [5.41, 5.74) is 24.6. The fourth-order valence-electron chi connectivity index (χ4n) is 4.36. The second kappa shape index (κ2) is 9.09. The van der Waals surface area contributed by atoms with E-state index in [0.717, 1.165) is 17.9 Å². The fourth-order valence-corrected chi connectivity index (χ4v) is 4.70. The van der Waals surface area contributed by atoms with Gasteiger partial charge in [-0.25, -0.2) is 0 Å². The molecule has 2 nitrogen and oxygen atoms in total. The molecular weight excluding hydrogens is 364 g/mol. The van der Waals surface area contributed by atoms with Gasteiger partial charge in [-0.2, -0.15) is 0 Å². The van der Waals surface area contributed by atoms with E-state index in [0.29, 0.717) is 13.1 Å². The van der Waals surface area contributed by atoms with Crippen molar-refractivity contribution in [1.82, 2.24) is 0 Å². The van der Waals surface area contributed by atoms with E-state index in [9.17, 15) is 0 Å². The molecule has 0 bridgehead atoms. The van der Waals surface area contributed by atoms with Crippen molar-refractivity contribution in [3.05, 3.63) is 79.9 Å². The minimum atomic E-state index is 0. The number of nitrogens with two attached hydrogens (primary N) is 2. The van der Waals surface area contributed by atoms with Crippen molar-refractivity contribution in [2.45, 2.75) is 61.1 Å². The Morgan fingerprint density at radius 1 is 0.857 bits per heavy atom. The Bertz CT molecular complexity index is 952. The summed E-state index contributed by atoms with van der Waals surface area (Å²) in [6.07, 6.45) is 8.54. The van der Waals surface area contributed by atoms with Crippen LogP contribution in [0.4, 0.5) is 0 Å². The lowest BCUT2D eigenvalue weighted by Gasteiger charge is -2.13. The first-order valence-corrected chi connectivity index (χ1v) is 9.93. The molecule has 4 N–H and O–H groups in total. The Kier molecular flexibility index (Phi) is 7.28. The average Bonchev–Trinajstić information content (AvgIpc) is 3.23. The topological polar surface area (TPSA) is 52.0 Å². The van der Waals surface area contributed by atoms with E-state index in [-0.39, 0.29) is 7.43 Å². The number of allylic oxidation sites excluding steroid dienone is 2. The summed E-state index contributed by atoms with van der Waals surface area (Å²) < 4.78 is 0. The largest absolute Gasteiger partial charge is 0.326 e. The van der Waals surface area contributed by atoms with Gasteiger partial charge in [0.05, 0.1) is 0 Å². The third-order valence-electron chi connectivity index (χ3n) is 5.86. The van der Waals surface area contributed by atoms with Crippen molar-refractivity contribution in [1.29, 1.82) is 0 Å². The van der Waals surface area contributed by atoms with E-state index in [1.807, 2.05) is 0 Å². The van der Waals surface area contributed by atoms with Crippen LogP contribution in [0.1, 0.15) is 63.1 Å². The molecule has 0 saturated heterocycles. The van der Waals surface area contributed by atoms with Gasteiger partial charge in [-0.05, 0) is 96.2 Å². The molecule has 2 aliphatic carbocycles. The Morgan fingerprint density at radius 2 is 1.43 bits per heavy atom. The van der Waals surface area contributed by atoms with Gasteiger partial charge in [0.15, 0.2) is 0 Å². The molecule has 0 amide bonds. The summed E-state index contributed by atoms with van der Waals surface area (Å²) in [5.74, 6) is 0. The highest BCUT2D eigenvalue weighted by molar-refractivity contribution is 6.49. The van der Waals surface area contributed by atoms with Gasteiger partial charge in [0, 0.05) is 18.1 Å². The Hall–Kier alpha value is -1.87. The molecule has 0 aliphatic heterocycles. The van der Waals surface area contributed by atoms with Crippen molar-refractivity contribution in [3.63, 3.8) is 0 Å². The summed E-state index contributed by atoms with van der Waals surface area (Å²) in [7, 11) is 0. The number of hydrogen-bond acceptors (Lipinski definition) is 2. The number of hydrogen-bond donors (Lipinski definition) is 2. The molecule has 28 heavy (non-hydrogen) atoms. The zero-order chi connectivity index (χ0) is 19.7. The lowest BCUT2D eigenvalue weighted by molar-refractivity contribution is 1.02. The van der Waals surface area contributed by atoms with Crippen molar-refractivity contribution in [2.24, 2.45) is 11.5 Å². The van der Waals surface area contributed by atoms with Crippen LogP contribution in [0.15, 0.2) is 24.3 Å². The highest BCUT2D eigenvalue weighted by atomic mass is 35.5. The third-order valence-corrected chi connectivity index (χ3v) is 6.20. The fraction of sp³-hybridized carbons (Fsp3) is 0.360. The number of halogens is 1. The number of rotatable bonds is 2. The van der Waals surface area contributed by atoms with Gasteiger partial charge in [-0.1, -0.05) is 49.4 Å². The Morgan fingerprint density at radius 3 is 2.04 bits per heavy atom. The molecule has 3 heteroatoms. The monoisotopic (exact) mass is 396 g/mol. The van der Waals surface area contributed by atoms with Gasteiger partial charge >= 0.3 is 0 Å². The summed E-state index contributed by atoms with van der Waals surface area (Å²) in [5, 5.41) is 0.882. The van der Waals surface area contributed by atoms with E-state index in [1.54, 1.807) is 0 Å². The molecule has 2 aliphatic rings. The first kappa shape index (κ1) is 22.4. The van der Waals surface area contributed by atoms with Crippen molar-refractivity contribution >= 4 is 22.7 Å². The van der Waals surface area contributed by atoms with Crippen molar-refractivity contribution < 1.29 is 0 Å². The zero-order valence-corrected chi connectivity index (χ0v) is 17.5. The summed E-state index contributed by atoms with van der Waals surface area (Å²) in [4.78, 5) is 0. The van der Waals surface area contributed by atoms with Gasteiger partial charge in [0.1, 0.15) is 0 Å². The molecule has 0 fully saturated rings. The molecule has 0 aromatic heterocycles. The molecule has 0 spiro atoms. The number of fused-ring (bicyclic) bond motifs is 2. The summed E-state index contributed by atoms with van der Waals surface area (Å²) >= 11 is 6.15. The van der Waals surface area contributed by atoms with E-state index < -0.39 is 0 Å². The normalized spacial score (nSPS) is 13.3. The first-order valence-electron chi connectivity index (χ1n) is 9.55. The molecule has 0 heterocycles. The molecular formula is C25H33ClN2.